The fourth-order valence-electron chi connectivity index (χ4n) is 2.23. The van der Waals surface area contributed by atoms with Crippen molar-refractivity contribution in [3.63, 3.8) is 0 Å². The van der Waals surface area contributed by atoms with Crippen LogP contribution in [0.2, 0.25) is 0 Å². The average molecular weight is 331 g/mol. The first-order valence-corrected chi connectivity index (χ1v) is 8.86. The van der Waals surface area contributed by atoms with E-state index >= 15 is 0 Å². The molecule has 0 saturated heterocycles. The lowest BCUT2D eigenvalue weighted by Gasteiger charge is -2.20. The van der Waals surface area contributed by atoms with Gasteiger partial charge in [-0.1, -0.05) is 6.07 Å². The van der Waals surface area contributed by atoms with Crippen molar-refractivity contribution in [2.75, 3.05) is 13.2 Å². The Balaban J connectivity index is 1.68. The fourth-order valence-corrected chi connectivity index (χ4v) is 3.76. The van der Waals surface area contributed by atoms with E-state index in [0.29, 0.717) is 6.54 Å². The van der Waals surface area contributed by atoms with Gasteiger partial charge in [-0.3, -0.25) is 9.88 Å². The Labute approximate surface area is 137 Å². The molecule has 3 heterocycles. The van der Waals surface area contributed by atoms with Gasteiger partial charge in [-0.25, -0.2) is 4.98 Å². The van der Waals surface area contributed by atoms with Crippen LogP contribution >= 0.6 is 22.7 Å². The van der Waals surface area contributed by atoms with Gasteiger partial charge in [0.25, 0.3) is 0 Å². The number of rotatable bonds is 7. The summed E-state index contributed by atoms with van der Waals surface area (Å²) in [5.41, 5.74) is 3.37. The maximum absolute atomic E-state index is 9.27. The Hall–Kier alpha value is -1.60. The van der Waals surface area contributed by atoms with Gasteiger partial charge in [0.15, 0.2) is 0 Å². The van der Waals surface area contributed by atoms with E-state index < -0.39 is 0 Å². The summed E-state index contributed by atoms with van der Waals surface area (Å²) < 4.78 is 0. The molecule has 0 aliphatic rings. The smallest absolute Gasteiger partial charge is 0.124 e. The molecular weight excluding hydrogens is 314 g/mol. The molecule has 22 heavy (non-hydrogen) atoms. The van der Waals surface area contributed by atoms with Crippen molar-refractivity contribution in [2.45, 2.75) is 13.1 Å². The minimum absolute atomic E-state index is 0.141. The van der Waals surface area contributed by atoms with Gasteiger partial charge >= 0.3 is 0 Å². The number of hydrogen-bond donors (Lipinski definition) is 1. The highest BCUT2D eigenvalue weighted by Crippen LogP contribution is 2.26. The first-order chi connectivity index (χ1) is 10.8. The standard InChI is InChI=1S/C16H17N3OS2/c20-6-5-19(9-13-2-1-4-17-8-13)10-15-12-22-16(18-15)14-3-7-21-11-14/h1-4,7-8,11-12,20H,5-6,9-10H2. The molecule has 0 spiro atoms. The van der Waals surface area contributed by atoms with Crippen molar-refractivity contribution in [3.05, 3.63) is 58.0 Å². The number of hydrogen-bond acceptors (Lipinski definition) is 6. The number of thiazole rings is 1. The number of aliphatic hydroxyl groups is 1. The van der Waals surface area contributed by atoms with Crippen molar-refractivity contribution < 1.29 is 5.11 Å². The van der Waals surface area contributed by atoms with Crippen molar-refractivity contribution in [3.8, 4) is 10.6 Å². The highest BCUT2D eigenvalue weighted by Gasteiger charge is 2.11. The maximum atomic E-state index is 9.27. The molecule has 3 rings (SSSR count). The van der Waals surface area contributed by atoms with E-state index in [1.54, 1.807) is 28.9 Å². The highest BCUT2D eigenvalue weighted by atomic mass is 32.1. The molecule has 4 nitrogen and oxygen atoms in total. The largest absolute Gasteiger partial charge is 0.395 e. The van der Waals surface area contributed by atoms with E-state index in [9.17, 15) is 5.11 Å². The van der Waals surface area contributed by atoms with Gasteiger partial charge in [0, 0.05) is 48.4 Å². The van der Waals surface area contributed by atoms with E-state index in [0.717, 1.165) is 29.4 Å². The summed E-state index contributed by atoms with van der Waals surface area (Å²) in [6.07, 6.45) is 3.63. The second-order valence-corrected chi connectivity index (χ2v) is 6.59. The molecule has 0 amide bonds. The van der Waals surface area contributed by atoms with Crippen molar-refractivity contribution in [1.29, 1.82) is 0 Å². The Morgan fingerprint density at radius 3 is 2.86 bits per heavy atom. The first kappa shape index (κ1) is 15.3. The van der Waals surface area contributed by atoms with E-state index in [4.69, 9.17) is 4.98 Å². The maximum Gasteiger partial charge on any atom is 0.124 e. The molecule has 0 aromatic carbocycles. The molecule has 3 aromatic heterocycles. The van der Waals surface area contributed by atoms with Gasteiger partial charge in [0.1, 0.15) is 5.01 Å². The third-order valence-corrected chi connectivity index (χ3v) is 4.87. The fraction of sp³-hybridized carbons (Fsp3) is 0.250. The van der Waals surface area contributed by atoms with Crippen molar-refractivity contribution in [1.82, 2.24) is 14.9 Å². The number of aromatic nitrogens is 2. The molecule has 0 saturated carbocycles. The molecule has 1 N–H and O–H groups in total. The molecule has 0 bridgehead atoms. The Kier molecular flexibility index (Phi) is 5.29. The van der Waals surface area contributed by atoms with Gasteiger partial charge in [0.2, 0.25) is 0 Å². The highest BCUT2D eigenvalue weighted by molar-refractivity contribution is 7.14. The van der Waals surface area contributed by atoms with Crippen LogP contribution in [0, 0.1) is 0 Å². The summed E-state index contributed by atoms with van der Waals surface area (Å²) in [6.45, 7) is 2.26. The van der Waals surface area contributed by atoms with Gasteiger partial charge in [-0.15, -0.1) is 11.3 Å². The number of thiophene rings is 1. The van der Waals surface area contributed by atoms with E-state index in [-0.39, 0.29) is 6.61 Å². The molecule has 3 aromatic rings. The second-order valence-electron chi connectivity index (χ2n) is 4.95. The minimum Gasteiger partial charge on any atom is -0.395 e. The third kappa shape index (κ3) is 3.98. The summed E-state index contributed by atoms with van der Waals surface area (Å²) in [5.74, 6) is 0. The topological polar surface area (TPSA) is 49.2 Å². The van der Waals surface area contributed by atoms with Crippen molar-refractivity contribution >= 4 is 22.7 Å². The van der Waals surface area contributed by atoms with E-state index in [1.807, 2.05) is 12.3 Å². The van der Waals surface area contributed by atoms with Crippen LogP contribution in [0.4, 0.5) is 0 Å². The predicted octanol–water partition coefficient (Wildman–Crippen LogP) is 3.26. The normalized spacial score (nSPS) is 11.2. The van der Waals surface area contributed by atoms with Crippen LogP contribution in [0.5, 0.6) is 0 Å². The first-order valence-electron chi connectivity index (χ1n) is 7.04. The van der Waals surface area contributed by atoms with Crippen LogP contribution in [0.25, 0.3) is 10.6 Å². The van der Waals surface area contributed by atoms with E-state index in [1.165, 1.54) is 5.56 Å². The molecule has 0 radical (unpaired) electrons. The summed E-state index contributed by atoms with van der Waals surface area (Å²) in [4.78, 5) is 11.0. The van der Waals surface area contributed by atoms with Crippen LogP contribution in [-0.4, -0.2) is 33.1 Å². The summed E-state index contributed by atoms with van der Waals surface area (Å²) in [5, 5.41) is 16.6. The van der Waals surface area contributed by atoms with Gasteiger partial charge in [-0.05, 0) is 23.1 Å². The third-order valence-electron chi connectivity index (χ3n) is 3.25. The van der Waals surface area contributed by atoms with Gasteiger partial charge < -0.3 is 5.11 Å². The molecule has 0 atom stereocenters. The zero-order valence-electron chi connectivity index (χ0n) is 12.1. The lowest BCUT2D eigenvalue weighted by atomic mass is 10.2. The van der Waals surface area contributed by atoms with Crippen LogP contribution in [0.3, 0.4) is 0 Å². The van der Waals surface area contributed by atoms with Gasteiger partial charge in [-0.2, -0.15) is 11.3 Å². The Morgan fingerprint density at radius 1 is 1.18 bits per heavy atom. The van der Waals surface area contributed by atoms with Crippen molar-refractivity contribution in [2.24, 2.45) is 0 Å². The predicted molar refractivity (Wildman–Crippen MR) is 90.9 cm³/mol. The molecule has 0 unspecified atom stereocenters. The lowest BCUT2D eigenvalue weighted by molar-refractivity contribution is 0.183. The van der Waals surface area contributed by atoms with Gasteiger partial charge in [0.05, 0.1) is 12.3 Å². The second kappa shape index (κ2) is 7.60. The zero-order chi connectivity index (χ0) is 15.2. The molecule has 0 aliphatic heterocycles. The van der Waals surface area contributed by atoms with E-state index in [2.05, 4.69) is 38.2 Å². The minimum atomic E-state index is 0.141. The number of aliphatic hydroxyl groups excluding tert-OH is 1. The molecule has 0 aliphatic carbocycles. The number of nitrogens with zero attached hydrogens (tertiary/aromatic N) is 3. The molecule has 0 fully saturated rings. The molecule has 6 heteroatoms. The average Bonchev–Trinajstić information content (AvgIpc) is 3.19. The molecular formula is C16H17N3OS2. The summed E-state index contributed by atoms with van der Waals surface area (Å²) >= 11 is 3.35. The SMILES string of the molecule is OCCN(Cc1cccnc1)Cc1csc(-c2ccsc2)n1. The molecule has 114 valence electrons. The monoisotopic (exact) mass is 331 g/mol. The van der Waals surface area contributed by atoms with Crippen LogP contribution in [0.1, 0.15) is 11.3 Å². The zero-order valence-corrected chi connectivity index (χ0v) is 13.7. The number of pyridine rings is 1. The Bertz CT molecular complexity index is 683. The van der Waals surface area contributed by atoms with Crippen LogP contribution in [0.15, 0.2) is 46.7 Å². The quantitative estimate of drug-likeness (QED) is 0.722. The summed E-state index contributed by atoms with van der Waals surface area (Å²) in [7, 11) is 0. The Morgan fingerprint density at radius 2 is 2.14 bits per heavy atom. The summed E-state index contributed by atoms with van der Waals surface area (Å²) in [6, 6.07) is 6.08. The lowest BCUT2D eigenvalue weighted by Crippen LogP contribution is -2.26. The van der Waals surface area contributed by atoms with Crippen LogP contribution < -0.4 is 0 Å². The van der Waals surface area contributed by atoms with Crippen LogP contribution in [-0.2, 0) is 13.1 Å².